The smallest absolute Gasteiger partial charge is 0.133 e. The normalized spacial score (nSPS) is 16.7. The second kappa shape index (κ2) is 3.40. The minimum Gasteiger partial charge on any atom is -0.493 e. The van der Waals surface area contributed by atoms with Crippen molar-refractivity contribution in [2.24, 2.45) is 4.99 Å². The minimum absolute atomic E-state index is 0.692. The molecule has 0 saturated carbocycles. The Morgan fingerprint density at radius 1 is 1.80 bits per heavy atom. The van der Waals surface area contributed by atoms with Gasteiger partial charge in [0.05, 0.1) is 12.3 Å². The van der Waals surface area contributed by atoms with Crippen molar-refractivity contribution in [1.82, 2.24) is 0 Å². The van der Waals surface area contributed by atoms with E-state index in [9.17, 15) is 0 Å². The highest BCUT2D eigenvalue weighted by Crippen LogP contribution is 2.10. The van der Waals surface area contributed by atoms with Crippen molar-refractivity contribution in [2.45, 2.75) is 19.8 Å². The van der Waals surface area contributed by atoms with E-state index < -0.39 is 0 Å². The fourth-order valence-corrected chi connectivity index (χ4v) is 1.02. The summed E-state index contributed by atoms with van der Waals surface area (Å²) in [7, 11) is 0. The van der Waals surface area contributed by atoms with E-state index in [1.165, 1.54) is 0 Å². The van der Waals surface area contributed by atoms with Gasteiger partial charge in [-0.3, -0.25) is 4.99 Å². The zero-order valence-electron chi connectivity index (χ0n) is 6.39. The molecule has 1 rings (SSSR count). The van der Waals surface area contributed by atoms with E-state index in [-0.39, 0.29) is 0 Å². The van der Waals surface area contributed by atoms with Crippen molar-refractivity contribution in [3.63, 3.8) is 0 Å². The van der Waals surface area contributed by atoms with Crippen LogP contribution in [0.15, 0.2) is 17.3 Å². The maximum Gasteiger partial charge on any atom is 0.133 e. The Bertz CT molecular complexity index is 161. The van der Waals surface area contributed by atoms with E-state index in [1.54, 1.807) is 0 Å². The van der Waals surface area contributed by atoms with Crippen LogP contribution in [-0.4, -0.2) is 18.9 Å². The Kier molecular flexibility index (Phi) is 2.49. The van der Waals surface area contributed by atoms with Gasteiger partial charge in [-0.05, 0) is 19.8 Å². The zero-order chi connectivity index (χ0) is 7.40. The third-order valence-electron chi connectivity index (χ3n) is 1.51. The lowest BCUT2D eigenvalue weighted by Crippen LogP contribution is -2.01. The van der Waals surface area contributed by atoms with Gasteiger partial charge in [-0.1, -0.05) is 6.58 Å². The lowest BCUT2D eigenvalue weighted by atomic mass is 10.2. The highest BCUT2D eigenvalue weighted by Gasteiger charge is 2.09. The molecule has 0 radical (unpaired) electrons. The topological polar surface area (TPSA) is 21.6 Å². The maximum absolute atomic E-state index is 5.20. The van der Waals surface area contributed by atoms with Crippen LogP contribution in [0.25, 0.3) is 0 Å². The molecule has 0 aromatic heterocycles. The van der Waals surface area contributed by atoms with Crippen LogP contribution in [0, 0.1) is 0 Å². The highest BCUT2D eigenvalue weighted by atomic mass is 16.5. The minimum atomic E-state index is 0.692. The predicted molar refractivity (Wildman–Crippen MR) is 42.3 cm³/mol. The van der Waals surface area contributed by atoms with Crippen LogP contribution in [-0.2, 0) is 4.74 Å². The van der Waals surface area contributed by atoms with Crippen LogP contribution >= 0.6 is 0 Å². The van der Waals surface area contributed by atoms with Crippen LogP contribution in [0.3, 0.4) is 0 Å². The molecule has 2 heteroatoms. The molecule has 56 valence electrons. The van der Waals surface area contributed by atoms with Gasteiger partial charge >= 0.3 is 0 Å². The third kappa shape index (κ3) is 1.59. The molecule has 0 aromatic carbocycles. The molecule has 0 amide bonds. The average Bonchev–Trinajstić information content (AvgIpc) is 2.38. The van der Waals surface area contributed by atoms with Gasteiger partial charge in [-0.2, -0.15) is 0 Å². The maximum atomic E-state index is 5.20. The van der Waals surface area contributed by atoms with Gasteiger partial charge in [0.25, 0.3) is 0 Å². The van der Waals surface area contributed by atoms with Crippen molar-refractivity contribution in [1.29, 1.82) is 0 Å². The summed E-state index contributed by atoms with van der Waals surface area (Å²) in [6, 6.07) is 0. The molecule has 0 spiro atoms. The predicted octanol–water partition coefficient (Wildman–Crippen LogP) is 1.77. The van der Waals surface area contributed by atoms with Crippen LogP contribution in [0.4, 0.5) is 0 Å². The van der Waals surface area contributed by atoms with Gasteiger partial charge in [-0.25, -0.2) is 0 Å². The average molecular weight is 139 g/mol. The lowest BCUT2D eigenvalue weighted by Gasteiger charge is -2.04. The van der Waals surface area contributed by atoms with Crippen LogP contribution in [0.2, 0.25) is 0 Å². The Labute approximate surface area is 61.6 Å². The van der Waals surface area contributed by atoms with Crippen LogP contribution in [0.5, 0.6) is 0 Å². The number of ether oxygens (including phenoxy) is 1. The second-order valence-electron chi connectivity index (χ2n) is 2.29. The molecule has 10 heavy (non-hydrogen) atoms. The monoisotopic (exact) mass is 139 g/mol. The molecule has 0 bridgehead atoms. The molecule has 1 aliphatic rings. The molecule has 0 aromatic rings. The fourth-order valence-electron chi connectivity index (χ4n) is 1.02. The largest absolute Gasteiger partial charge is 0.493 e. The molecule has 2 nitrogen and oxygen atoms in total. The molecule has 0 N–H and O–H groups in total. The van der Waals surface area contributed by atoms with Crippen molar-refractivity contribution in [3.8, 4) is 0 Å². The number of aliphatic imine (C=N–C) groups is 1. The number of allylic oxidation sites excluding steroid dienone is 1. The van der Waals surface area contributed by atoms with Gasteiger partial charge in [0.2, 0.25) is 0 Å². The van der Waals surface area contributed by atoms with Crippen molar-refractivity contribution >= 4 is 5.71 Å². The highest BCUT2D eigenvalue weighted by molar-refractivity contribution is 5.98. The molecule has 1 heterocycles. The molecule has 0 saturated heterocycles. The fraction of sp³-hybridized carbons (Fsp3) is 0.625. The van der Waals surface area contributed by atoms with Crippen molar-refractivity contribution in [3.05, 3.63) is 12.3 Å². The number of hydrogen-bond donors (Lipinski definition) is 0. The molecule has 0 fully saturated rings. The first-order valence-electron chi connectivity index (χ1n) is 3.70. The molecule has 0 atom stereocenters. The first-order valence-corrected chi connectivity index (χ1v) is 3.70. The lowest BCUT2D eigenvalue weighted by molar-refractivity contribution is 0.250. The van der Waals surface area contributed by atoms with Crippen LogP contribution in [0.1, 0.15) is 19.8 Å². The quantitative estimate of drug-likeness (QED) is 0.546. The Morgan fingerprint density at radius 2 is 2.60 bits per heavy atom. The Balaban J connectivity index is 2.40. The molecular weight excluding hydrogens is 126 g/mol. The molecule has 0 aliphatic carbocycles. The summed E-state index contributed by atoms with van der Waals surface area (Å²) in [5, 5.41) is 0. The summed E-state index contributed by atoms with van der Waals surface area (Å²) >= 11 is 0. The van der Waals surface area contributed by atoms with E-state index in [0.29, 0.717) is 6.61 Å². The van der Waals surface area contributed by atoms with E-state index in [0.717, 1.165) is 30.9 Å². The van der Waals surface area contributed by atoms with E-state index >= 15 is 0 Å². The van der Waals surface area contributed by atoms with E-state index in [4.69, 9.17) is 4.74 Å². The first-order chi connectivity index (χ1) is 4.84. The number of rotatable bonds is 3. The zero-order valence-corrected chi connectivity index (χ0v) is 6.39. The third-order valence-corrected chi connectivity index (χ3v) is 1.51. The number of hydrogen-bond acceptors (Lipinski definition) is 2. The first kappa shape index (κ1) is 7.32. The Morgan fingerprint density at radius 3 is 3.10 bits per heavy atom. The molecule has 1 aliphatic heterocycles. The van der Waals surface area contributed by atoms with Gasteiger partial charge in [0.15, 0.2) is 0 Å². The van der Waals surface area contributed by atoms with Crippen molar-refractivity contribution < 1.29 is 4.74 Å². The van der Waals surface area contributed by atoms with Gasteiger partial charge < -0.3 is 4.74 Å². The van der Waals surface area contributed by atoms with Crippen molar-refractivity contribution in [2.75, 3.05) is 13.2 Å². The second-order valence-corrected chi connectivity index (χ2v) is 2.29. The van der Waals surface area contributed by atoms with Crippen LogP contribution < -0.4 is 0 Å². The Hall–Kier alpha value is -0.790. The molecule has 0 unspecified atom stereocenters. The van der Waals surface area contributed by atoms with Gasteiger partial charge in [0.1, 0.15) is 5.76 Å². The van der Waals surface area contributed by atoms with Gasteiger partial charge in [-0.15, -0.1) is 0 Å². The standard InChI is InChI=1S/C8H13NO/c1-3-10-7(2)8-5-4-6-9-8/h2-6H2,1H3. The SMILES string of the molecule is C=C(OCC)C1=NCCC1. The summed E-state index contributed by atoms with van der Waals surface area (Å²) in [5.41, 5.74) is 1.06. The van der Waals surface area contributed by atoms with E-state index in [1.807, 2.05) is 6.92 Å². The summed E-state index contributed by atoms with van der Waals surface area (Å²) in [6.07, 6.45) is 2.19. The number of nitrogens with zero attached hydrogens (tertiary/aromatic N) is 1. The van der Waals surface area contributed by atoms with Gasteiger partial charge in [0, 0.05) is 6.54 Å². The van der Waals surface area contributed by atoms with E-state index in [2.05, 4.69) is 11.6 Å². The summed E-state index contributed by atoms with van der Waals surface area (Å²) in [5.74, 6) is 0.764. The summed E-state index contributed by atoms with van der Waals surface area (Å²) in [6.45, 7) is 7.37. The summed E-state index contributed by atoms with van der Waals surface area (Å²) < 4.78 is 5.20. The molecular formula is C8H13NO. The summed E-state index contributed by atoms with van der Waals surface area (Å²) in [4.78, 5) is 4.25.